The molecule has 0 aliphatic carbocycles. The van der Waals surface area contributed by atoms with Gasteiger partial charge in [-0.15, -0.1) is 0 Å². The van der Waals surface area contributed by atoms with E-state index >= 15 is 0 Å². The summed E-state index contributed by atoms with van der Waals surface area (Å²) in [4.78, 5) is 12.1. The van der Waals surface area contributed by atoms with Gasteiger partial charge in [0.2, 0.25) is 0 Å². The third-order valence-corrected chi connectivity index (χ3v) is 4.37. The van der Waals surface area contributed by atoms with Crippen molar-refractivity contribution in [1.29, 1.82) is 0 Å². The molecule has 3 rings (SSSR count). The maximum Gasteiger partial charge on any atom is 0.271 e. The smallest absolute Gasteiger partial charge is 0.267 e. The first kappa shape index (κ1) is 17.1. The molecule has 0 aliphatic rings. The number of nitrogens with zero attached hydrogens (tertiary/aromatic N) is 1. The molecule has 0 aliphatic heterocycles. The molecular formula is C21H17BrN2O. The molecule has 0 radical (unpaired) electrons. The standard InChI is InChI=1S/C21H17BrN2O/c1-15(23-24-21(25)19-11-13-20(22)14-12-19)16-7-9-18(10-8-16)17-5-3-2-4-6-17/h2-14H,1H3,(H,24,25)/b23-15-. The van der Waals surface area contributed by atoms with Gasteiger partial charge < -0.3 is 0 Å². The van der Waals surface area contributed by atoms with Crippen LogP contribution in [-0.4, -0.2) is 11.6 Å². The van der Waals surface area contributed by atoms with Crippen LogP contribution in [0.2, 0.25) is 0 Å². The zero-order valence-corrected chi connectivity index (χ0v) is 15.3. The largest absolute Gasteiger partial charge is 0.271 e. The number of hydrogen-bond acceptors (Lipinski definition) is 2. The summed E-state index contributed by atoms with van der Waals surface area (Å²) in [7, 11) is 0. The predicted octanol–water partition coefficient (Wildman–Crippen LogP) is 5.27. The van der Waals surface area contributed by atoms with Crippen LogP contribution in [0, 0.1) is 0 Å². The van der Waals surface area contributed by atoms with Crippen LogP contribution in [0.25, 0.3) is 11.1 Å². The topological polar surface area (TPSA) is 41.5 Å². The second kappa shape index (κ2) is 7.90. The molecule has 25 heavy (non-hydrogen) atoms. The zero-order chi connectivity index (χ0) is 17.6. The molecule has 0 atom stereocenters. The van der Waals surface area contributed by atoms with Crippen LogP contribution in [0.1, 0.15) is 22.8 Å². The summed E-state index contributed by atoms with van der Waals surface area (Å²) in [5.74, 6) is -0.229. The van der Waals surface area contributed by atoms with Gasteiger partial charge in [-0.3, -0.25) is 4.79 Å². The van der Waals surface area contributed by atoms with Crippen molar-refractivity contribution in [2.45, 2.75) is 6.92 Å². The maximum atomic E-state index is 12.1. The maximum absolute atomic E-state index is 12.1. The minimum absolute atomic E-state index is 0.229. The van der Waals surface area contributed by atoms with E-state index < -0.39 is 0 Å². The third-order valence-electron chi connectivity index (χ3n) is 3.84. The minimum Gasteiger partial charge on any atom is -0.267 e. The van der Waals surface area contributed by atoms with Crippen LogP contribution in [0.15, 0.2) is 88.4 Å². The van der Waals surface area contributed by atoms with Crippen molar-refractivity contribution in [3.63, 3.8) is 0 Å². The molecule has 3 aromatic carbocycles. The summed E-state index contributed by atoms with van der Waals surface area (Å²) < 4.78 is 0.933. The molecule has 0 bridgehead atoms. The van der Waals surface area contributed by atoms with E-state index in [4.69, 9.17) is 0 Å². The molecule has 0 saturated carbocycles. The average Bonchev–Trinajstić information content (AvgIpc) is 2.67. The Labute approximate surface area is 155 Å². The van der Waals surface area contributed by atoms with E-state index in [9.17, 15) is 4.79 Å². The summed E-state index contributed by atoms with van der Waals surface area (Å²) in [5, 5.41) is 4.20. The Morgan fingerprint density at radius 3 is 2.00 bits per heavy atom. The highest BCUT2D eigenvalue weighted by atomic mass is 79.9. The molecule has 0 fully saturated rings. The van der Waals surface area contributed by atoms with E-state index in [1.807, 2.05) is 49.4 Å². The molecule has 1 amide bonds. The second-order valence-electron chi connectivity index (χ2n) is 5.59. The second-order valence-corrected chi connectivity index (χ2v) is 6.50. The van der Waals surface area contributed by atoms with Crippen LogP contribution < -0.4 is 5.43 Å². The van der Waals surface area contributed by atoms with E-state index in [-0.39, 0.29) is 5.91 Å². The van der Waals surface area contributed by atoms with Gasteiger partial charge >= 0.3 is 0 Å². The van der Waals surface area contributed by atoms with Gasteiger partial charge in [0.15, 0.2) is 0 Å². The monoisotopic (exact) mass is 392 g/mol. The lowest BCUT2D eigenvalue weighted by Crippen LogP contribution is -2.19. The lowest BCUT2D eigenvalue weighted by atomic mass is 10.0. The zero-order valence-electron chi connectivity index (χ0n) is 13.7. The molecule has 0 spiro atoms. The summed E-state index contributed by atoms with van der Waals surface area (Å²) in [6.07, 6.45) is 0. The highest BCUT2D eigenvalue weighted by molar-refractivity contribution is 9.10. The Bertz CT molecular complexity index is 885. The minimum atomic E-state index is -0.229. The van der Waals surface area contributed by atoms with Crippen molar-refractivity contribution in [2.75, 3.05) is 0 Å². The predicted molar refractivity (Wildman–Crippen MR) is 106 cm³/mol. The lowest BCUT2D eigenvalue weighted by Gasteiger charge is -2.05. The molecule has 124 valence electrons. The number of amides is 1. The first-order valence-electron chi connectivity index (χ1n) is 7.89. The Kier molecular flexibility index (Phi) is 5.41. The van der Waals surface area contributed by atoms with Gasteiger partial charge in [0.1, 0.15) is 0 Å². The van der Waals surface area contributed by atoms with Crippen molar-refractivity contribution < 1.29 is 4.79 Å². The fraction of sp³-hybridized carbons (Fsp3) is 0.0476. The normalized spacial score (nSPS) is 11.2. The van der Waals surface area contributed by atoms with Gasteiger partial charge in [0.25, 0.3) is 5.91 Å². The number of rotatable bonds is 4. The highest BCUT2D eigenvalue weighted by Crippen LogP contribution is 2.19. The van der Waals surface area contributed by atoms with Crippen molar-refractivity contribution in [2.24, 2.45) is 5.10 Å². The first-order valence-corrected chi connectivity index (χ1v) is 8.69. The summed E-state index contributed by atoms with van der Waals surface area (Å²) in [5.41, 5.74) is 7.21. The summed E-state index contributed by atoms with van der Waals surface area (Å²) in [6, 6.07) is 25.5. The quantitative estimate of drug-likeness (QED) is 0.476. The highest BCUT2D eigenvalue weighted by Gasteiger charge is 2.05. The van der Waals surface area contributed by atoms with Crippen LogP contribution in [0.5, 0.6) is 0 Å². The van der Waals surface area contributed by atoms with Gasteiger partial charge in [0, 0.05) is 10.0 Å². The summed E-state index contributed by atoms with van der Waals surface area (Å²) in [6.45, 7) is 1.87. The van der Waals surface area contributed by atoms with Crippen molar-refractivity contribution >= 4 is 27.5 Å². The number of halogens is 1. The lowest BCUT2D eigenvalue weighted by molar-refractivity contribution is 0.0955. The Hall–Kier alpha value is -2.72. The van der Waals surface area contributed by atoms with Crippen LogP contribution in [0.3, 0.4) is 0 Å². The van der Waals surface area contributed by atoms with E-state index in [1.54, 1.807) is 12.1 Å². The molecule has 4 heteroatoms. The summed E-state index contributed by atoms with van der Waals surface area (Å²) >= 11 is 3.35. The van der Waals surface area contributed by atoms with E-state index in [0.29, 0.717) is 5.56 Å². The van der Waals surface area contributed by atoms with Gasteiger partial charge in [0.05, 0.1) is 5.71 Å². The van der Waals surface area contributed by atoms with E-state index in [2.05, 4.69) is 50.7 Å². The molecule has 3 nitrogen and oxygen atoms in total. The molecule has 0 unspecified atom stereocenters. The third kappa shape index (κ3) is 4.43. The Morgan fingerprint density at radius 1 is 0.800 bits per heavy atom. The number of nitrogens with one attached hydrogen (secondary N) is 1. The number of hydrogen-bond donors (Lipinski definition) is 1. The fourth-order valence-corrected chi connectivity index (χ4v) is 2.66. The van der Waals surface area contributed by atoms with Gasteiger partial charge in [-0.2, -0.15) is 5.10 Å². The van der Waals surface area contributed by atoms with Crippen LogP contribution >= 0.6 is 15.9 Å². The Balaban J connectivity index is 1.70. The molecular weight excluding hydrogens is 376 g/mol. The molecule has 1 N–H and O–H groups in total. The molecule has 0 heterocycles. The first-order chi connectivity index (χ1) is 12.1. The van der Waals surface area contributed by atoms with Crippen molar-refractivity contribution in [3.8, 4) is 11.1 Å². The van der Waals surface area contributed by atoms with E-state index in [1.165, 1.54) is 5.56 Å². The van der Waals surface area contributed by atoms with Gasteiger partial charge in [-0.25, -0.2) is 5.43 Å². The number of carbonyl (C=O) groups is 1. The molecule has 0 aromatic heterocycles. The van der Waals surface area contributed by atoms with Crippen molar-refractivity contribution in [1.82, 2.24) is 5.43 Å². The van der Waals surface area contributed by atoms with Gasteiger partial charge in [-0.05, 0) is 47.9 Å². The van der Waals surface area contributed by atoms with Crippen LogP contribution in [-0.2, 0) is 0 Å². The van der Waals surface area contributed by atoms with Crippen LogP contribution in [0.4, 0.5) is 0 Å². The average molecular weight is 393 g/mol. The molecule has 3 aromatic rings. The number of hydrazone groups is 1. The fourth-order valence-electron chi connectivity index (χ4n) is 2.40. The SMILES string of the molecule is C/C(=N/NC(=O)c1ccc(Br)cc1)c1ccc(-c2ccccc2)cc1. The number of carbonyl (C=O) groups excluding carboxylic acids is 1. The van der Waals surface area contributed by atoms with Gasteiger partial charge in [-0.1, -0.05) is 70.5 Å². The van der Waals surface area contributed by atoms with Crippen molar-refractivity contribution in [3.05, 3.63) is 94.5 Å². The number of benzene rings is 3. The van der Waals surface area contributed by atoms with E-state index in [0.717, 1.165) is 21.3 Å². The Morgan fingerprint density at radius 2 is 1.36 bits per heavy atom. The molecule has 0 saturated heterocycles.